The lowest BCUT2D eigenvalue weighted by Crippen LogP contribution is -2.37. The van der Waals surface area contributed by atoms with Crippen LogP contribution < -0.4 is 4.74 Å². The van der Waals surface area contributed by atoms with Crippen LogP contribution in [-0.4, -0.2) is 23.3 Å². The van der Waals surface area contributed by atoms with Gasteiger partial charge in [-0.05, 0) is 48.4 Å². The first-order chi connectivity index (χ1) is 12.1. The molecule has 0 radical (unpaired) electrons. The van der Waals surface area contributed by atoms with Gasteiger partial charge >= 0.3 is 0 Å². The molecule has 4 nitrogen and oxygen atoms in total. The topological polar surface area (TPSA) is 58.9 Å². The summed E-state index contributed by atoms with van der Waals surface area (Å²) < 4.78 is 5.66. The maximum atomic E-state index is 12.6. The largest absolute Gasteiger partial charge is 0.490 e. The quantitative estimate of drug-likeness (QED) is 0.514. The number of benzene rings is 1. The molecule has 0 amide bonds. The molecule has 3 atom stereocenters. The number of nitrogens with zero attached hydrogens (tertiary/aromatic N) is 1. The summed E-state index contributed by atoms with van der Waals surface area (Å²) in [6, 6.07) is 6.33. The zero-order valence-electron chi connectivity index (χ0n) is 14.5. The van der Waals surface area contributed by atoms with Gasteiger partial charge in [-0.15, -0.1) is 0 Å². The highest BCUT2D eigenvalue weighted by molar-refractivity contribution is 6.43. The molecule has 4 heteroatoms. The molecule has 130 valence electrons. The number of carbonyl (C=O) groups excluding carboxylic acids is 1. The van der Waals surface area contributed by atoms with E-state index in [1.165, 1.54) is 16.7 Å². The smallest absolute Gasteiger partial charge is 0.186 e. The zero-order valence-corrected chi connectivity index (χ0v) is 14.5. The van der Waals surface area contributed by atoms with Crippen LogP contribution in [0.4, 0.5) is 0 Å². The van der Waals surface area contributed by atoms with Gasteiger partial charge in [0.25, 0.3) is 0 Å². The minimum absolute atomic E-state index is 0.0262. The van der Waals surface area contributed by atoms with E-state index in [-0.39, 0.29) is 11.7 Å². The first-order valence-electron chi connectivity index (χ1n) is 8.90. The monoisotopic (exact) mass is 337 g/mol. The van der Waals surface area contributed by atoms with E-state index in [9.17, 15) is 10.0 Å². The third kappa shape index (κ3) is 2.35. The second-order valence-electron chi connectivity index (χ2n) is 7.51. The summed E-state index contributed by atoms with van der Waals surface area (Å²) >= 11 is 0. The average Bonchev–Trinajstić information content (AvgIpc) is 2.90. The molecule has 1 N–H and O–H groups in total. The molecule has 1 aromatic carbocycles. The van der Waals surface area contributed by atoms with E-state index in [1.54, 1.807) is 6.08 Å². The molecule has 25 heavy (non-hydrogen) atoms. The predicted molar refractivity (Wildman–Crippen MR) is 96.3 cm³/mol. The van der Waals surface area contributed by atoms with Crippen molar-refractivity contribution < 1.29 is 14.7 Å². The van der Waals surface area contributed by atoms with Crippen molar-refractivity contribution in [3.63, 3.8) is 0 Å². The zero-order chi connectivity index (χ0) is 17.6. The van der Waals surface area contributed by atoms with Crippen LogP contribution in [0.15, 0.2) is 47.7 Å². The number of fused-ring (bicyclic) bond motifs is 5. The molecule has 2 fully saturated rings. The normalized spacial score (nSPS) is 31.8. The standard InChI is InChI=1S/C21H23NO3/c1-3-10-25-14-5-7-15-13(11-14)4-6-17-16(15)8-9-21(2)18(17)12-19(22-24)20(21)23/h3,5-7,11,16,18,24H,1,4,8-10,12H2,2H3/b22-19-/t16-,18+,21+/m1/s1. The van der Waals surface area contributed by atoms with Crippen LogP contribution >= 0.6 is 0 Å². The molecule has 0 aromatic heterocycles. The number of Topliss-reactive ketones (excluding diaryl/α,β-unsaturated/α-hetero) is 1. The highest BCUT2D eigenvalue weighted by Crippen LogP contribution is 2.57. The molecule has 0 aliphatic heterocycles. The van der Waals surface area contributed by atoms with Crippen LogP contribution in [0.1, 0.15) is 43.2 Å². The lowest BCUT2D eigenvalue weighted by atomic mass is 9.60. The summed E-state index contributed by atoms with van der Waals surface area (Å²) in [7, 11) is 0. The Balaban J connectivity index is 1.67. The Morgan fingerprint density at radius 2 is 2.32 bits per heavy atom. The van der Waals surface area contributed by atoms with Crippen LogP contribution in [0.5, 0.6) is 5.75 Å². The second kappa shape index (κ2) is 5.87. The summed E-state index contributed by atoms with van der Waals surface area (Å²) in [5.41, 5.74) is 3.95. The van der Waals surface area contributed by atoms with Gasteiger partial charge in [0.2, 0.25) is 0 Å². The lowest BCUT2D eigenvalue weighted by Gasteiger charge is -2.43. The maximum absolute atomic E-state index is 12.6. The summed E-state index contributed by atoms with van der Waals surface area (Å²) in [5, 5.41) is 12.5. The minimum Gasteiger partial charge on any atom is -0.490 e. The van der Waals surface area contributed by atoms with Crippen LogP contribution in [0.25, 0.3) is 0 Å². The summed E-state index contributed by atoms with van der Waals surface area (Å²) in [6.45, 7) is 6.23. The number of hydrogen-bond acceptors (Lipinski definition) is 4. The van der Waals surface area contributed by atoms with Crippen molar-refractivity contribution in [1.29, 1.82) is 0 Å². The van der Waals surface area contributed by atoms with Crippen molar-refractivity contribution in [2.24, 2.45) is 16.5 Å². The van der Waals surface area contributed by atoms with Gasteiger partial charge in [-0.1, -0.05) is 42.4 Å². The van der Waals surface area contributed by atoms with Crippen molar-refractivity contribution in [2.45, 2.75) is 38.5 Å². The molecular formula is C21H23NO3. The Bertz CT molecular complexity index is 807. The van der Waals surface area contributed by atoms with E-state index in [1.807, 2.05) is 13.0 Å². The van der Waals surface area contributed by atoms with E-state index < -0.39 is 5.41 Å². The van der Waals surface area contributed by atoms with Crippen LogP contribution in [-0.2, 0) is 11.2 Å². The van der Waals surface area contributed by atoms with Gasteiger partial charge < -0.3 is 9.94 Å². The van der Waals surface area contributed by atoms with Gasteiger partial charge in [-0.2, -0.15) is 0 Å². The summed E-state index contributed by atoms with van der Waals surface area (Å²) in [4.78, 5) is 12.6. The average molecular weight is 337 g/mol. The van der Waals surface area contributed by atoms with E-state index in [0.717, 1.165) is 25.0 Å². The number of oxime groups is 1. The minimum atomic E-state index is -0.408. The van der Waals surface area contributed by atoms with Crippen molar-refractivity contribution in [3.05, 3.63) is 53.6 Å². The van der Waals surface area contributed by atoms with E-state index >= 15 is 0 Å². The first kappa shape index (κ1) is 16.1. The molecule has 4 rings (SSSR count). The number of hydrogen-bond donors (Lipinski definition) is 1. The first-order valence-corrected chi connectivity index (χ1v) is 8.90. The highest BCUT2D eigenvalue weighted by atomic mass is 16.5. The fourth-order valence-electron chi connectivity index (χ4n) is 4.90. The maximum Gasteiger partial charge on any atom is 0.186 e. The molecule has 0 spiro atoms. The number of ether oxygens (including phenoxy) is 1. The number of rotatable bonds is 3. The number of allylic oxidation sites excluding steroid dienone is 2. The summed E-state index contributed by atoms with van der Waals surface area (Å²) in [6.07, 6.45) is 7.26. The molecule has 3 aliphatic carbocycles. The SMILES string of the molecule is C=CCOc1ccc2c(c1)CC=C1[C@@H]2CC[C@]2(C)C(=O)/C(=N\O)C[C@@H]12. The molecule has 1 aromatic rings. The Morgan fingerprint density at radius 1 is 1.48 bits per heavy atom. The highest BCUT2D eigenvalue weighted by Gasteiger charge is 2.55. The summed E-state index contributed by atoms with van der Waals surface area (Å²) in [5.74, 6) is 1.43. The predicted octanol–water partition coefficient (Wildman–Crippen LogP) is 4.04. The Hall–Kier alpha value is -2.36. The lowest BCUT2D eigenvalue weighted by molar-refractivity contribution is -0.122. The van der Waals surface area contributed by atoms with E-state index in [2.05, 4.69) is 29.9 Å². The van der Waals surface area contributed by atoms with Crippen LogP contribution in [0.3, 0.4) is 0 Å². The molecule has 0 unspecified atom stereocenters. The Morgan fingerprint density at radius 3 is 3.08 bits per heavy atom. The van der Waals surface area contributed by atoms with Crippen molar-refractivity contribution >= 4 is 11.5 Å². The molecule has 0 saturated heterocycles. The van der Waals surface area contributed by atoms with Crippen LogP contribution in [0, 0.1) is 11.3 Å². The van der Waals surface area contributed by atoms with E-state index in [4.69, 9.17) is 4.74 Å². The molecule has 0 heterocycles. The molecule has 0 bridgehead atoms. The fraction of sp³-hybridized carbons (Fsp3) is 0.429. The van der Waals surface area contributed by atoms with Gasteiger partial charge in [-0.3, -0.25) is 4.79 Å². The number of ketones is 1. The Kier molecular flexibility index (Phi) is 3.78. The van der Waals surface area contributed by atoms with Crippen molar-refractivity contribution in [3.8, 4) is 5.75 Å². The molecule has 2 saturated carbocycles. The van der Waals surface area contributed by atoms with Gasteiger partial charge in [0.1, 0.15) is 18.1 Å². The molecular weight excluding hydrogens is 314 g/mol. The fourth-order valence-corrected chi connectivity index (χ4v) is 4.90. The molecule has 3 aliphatic rings. The van der Waals surface area contributed by atoms with Gasteiger partial charge in [-0.25, -0.2) is 0 Å². The van der Waals surface area contributed by atoms with E-state index in [0.29, 0.717) is 24.7 Å². The van der Waals surface area contributed by atoms with Crippen molar-refractivity contribution in [2.75, 3.05) is 6.61 Å². The second-order valence-corrected chi connectivity index (χ2v) is 7.51. The third-order valence-corrected chi connectivity index (χ3v) is 6.24. The third-order valence-electron chi connectivity index (χ3n) is 6.24. The van der Waals surface area contributed by atoms with Crippen LogP contribution in [0.2, 0.25) is 0 Å². The van der Waals surface area contributed by atoms with Crippen molar-refractivity contribution in [1.82, 2.24) is 0 Å². The Labute approximate surface area is 147 Å². The van der Waals surface area contributed by atoms with Gasteiger partial charge in [0.15, 0.2) is 5.78 Å². The number of carbonyl (C=O) groups is 1. The van der Waals surface area contributed by atoms with Gasteiger partial charge in [0.05, 0.1) is 0 Å². The van der Waals surface area contributed by atoms with Gasteiger partial charge in [0, 0.05) is 17.8 Å².